The summed E-state index contributed by atoms with van der Waals surface area (Å²) in [4.78, 5) is 34.8. The zero-order valence-corrected chi connectivity index (χ0v) is 34.2. The molecule has 0 aromatic rings. The summed E-state index contributed by atoms with van der Waals surface area (Å²) in [7, 11) is -4.37. The number of unbranched alkanes of at least 4 members (excludes halogenated alkanes) is 20. The highest BCUT2D eigenvalue weighted by molar-refractivity contribution is 7.47. The predicted octanol–water partition coefficient (Wildman–Crippen LogP) is 11.8. The molecule has 1 unspecified atom stereocenters. The van der Waals surface area contributed by atoms with Crippen LogP contribution in [0.5, 0.6) is 0 Å². The zero-order chi connectivity index (χ0) is 38.2. The number of nitrogens with two attached hydrogens (primary N) is 1. The van der Waals surface area contributed by atoms with Crippen LogP contribution in [0, 0.1) is 0 Å². The van der Waals surface area contributed by atoms with E-state index in [4.69, 9.17) is 24.3 Å². The van der Waals surface area contributed by atoms with Crippen LogP contribution in [0.1, 0.15) is 187 Å². The topological polar surface area (TPSA) is 134 Å². The van der Waals surface area contributed by atoms with Crippen molar-refractivity contribution in [1.29, 1.82) is 0 Å². The maximum absolute atomic E-state index is 12.5. The zero-order valence-electron chi connectivity index (χ0n) is 33.3. The Labute approximate surface area is 318 Å². The molecule has 0 amide bonds. The third-order valence-corrected chi connectivity index (χ3v) is 9.73. The number of carbonyl (C=O) groups is 2. The van der Waals surface area contributed by atoms with Gasteiger partial charge in [-0.1, -0.05) is 140 Å². The molecule has 0 heterocycles. The van der Waals surface area contributed by atoms with E-state index in [1.54, 1.807) is 0 Å². The van der Waals surface area contributed by atoms with Crippen molar-refractivity contribution in [1.82, 2.24) is 0 Å². The lowest BCUT2D eigenvalue weighted by Gasteiger charge is -2.19. The Bertz CT molecular complexity index is 954. The molecule has 10 heteroatoms. The monoisotopic (exact) mass is 756 g/mol. The number of phosphoric ester groups is 1. The minimum absolute atomic E-state index is 0.0512. The Balaban J connectivity index is 4.14. The lowest BCUT2D eigenvalue weighted by molar-refractivity contribution is -0.161. The fraction of sp³-hybridized carbons (Fsp3) is 0.810. The molecule has 0 aromatic heterocycles. The van der Waals surface area contributed by atoms with E-state index >= 15 is 0 Å². The van der Waals surface area contributed by atoms with E-state index in [1.165, 1.54) is 89.9 Å². The third kappa shape index (κ3) is 38.0. The molecule has 0 aromatic carbocycles. The molecule has 0 saturated heterocycles. The summed E-state index contributed by atoms with van der Waals surface area (Å²) in [5.41, 5.74) is 5.34. The van der Waals surface area contributed by atoms with Gasteiger partial charge < -0.3 is 20.1 Å². The summed E-state index contributed by atoms with van der Waals surface area (Å²) < 4.78 is 32.7. The Hall–Kier alpha value is -1.77. The Morgan fingerprint density at radius 3 is 1.48 bits per heavy atom. The summed E-state index contributed by atoms with van der Waals surface area (Å²) in [6, 6.07) is 0. The molecule has 0 aliphatic carbocycles. The number of rotatable bonds is 39. The van der Waals surface area contributed by atoms with E-state index < -0.39 is 26.5 Å². The van der Waals surface area contributed by atoms with Crippen LogP contribution in [-0.2, 0) is 32.7 Å². The van der Waals surface area contributed by atoms with E-state index in [0.29, 0.717) is 6.42 Å². The lowest BCUT2D eigenvalue weighted by Crippen LogP contribution is -2.29. The minimum atomic E-state index is -4.37. The Morgan fingerprint density at radius 2 is 1.00 bits per heavy atom. The molecule has 0 radical (unpaired) electrons. The van der Waals surface area contributed by atoms with Crippen LogP contribution in [-0.4, -0.2) is 49.3 Å². The average Bonchev–Trinajstić information content (AvgIpc) is 3.13. The molecular weight excluding hydrogens is 677 g/mol. The summed E-state index contributed by atoms with van der Waals surface area (Å²) in [5.74, 6) is -0.843. The summed E-state index contributed by atoms with van der Waals surface area (Å²) >= 11 is 0. The second-order valence-electron chi connectivity index (χ2n) is 13.8. The van der Waals surface area contributed by atoms with Gasteiger partial charge in [-0.2, -0.15) is 0 Å². The van der Waals surface area contributed by atoms with Crippen LogP contribution in [0.25, 0.3) is 0 Å². The number of allylic oxidation sites excluding steroid dienone is 6. The molecule has 0 saturated carbocycles. The van der Waals surface area contributed by atoms with Crippen LogP contribution in [0.2, 0.25) is 0 Å². The molecule has 0 fully saturated rings. The fourth-order valence-electron chi connectivity index (χ4n) is 5.60. The number of carbonyl (C=O) groups excluding carboxylic acids is 2. The molecule has 3 N–H and O–H groups in total. The molecule has 0 rings (SSSR count). The van der Waals surface area contributed by atoms with Crippen LogP contribution >= 0.6 is 7.82 Å². The molecule has 0 aliphatic heterocycles. The second-order valence-corrected chi connectivity index (χ2v) is 15.3. The van der Waals surface area contributed by atoms with E-state index in [1.807, 2.05) is 0 Å². The van der Waals surface area contributed by atoms with Crippen molar-refractivity contribution in [2.24, 2.45) is 5.73 Å². The summed E-state index contributed by atoms with van der Waals surface area (Å²) in [6.07, 6.45) is 41.7. The van der Waals surface area contributed by atoms with Crippen molar-refractivity contribution in [2.75, 3.05) is 26.4 Å². The first-order chi connectivity index (χ1) is 25.3. The Kier molecular flexibility index (Phi) is 37.6. The second kappa shape index (κ2) is 38.9. The van der Waals surface area contributed by atoms with Gasteiger partial charge in [0, 0.05) is 19.4 Å². The number of hydrogen-bond donors (Lipinski definition) is 2. The van der Waals surface area contributed by atoms with Gasteiger partial charge >= 0.3 is 19.8 Å². The van der Waals surface area contributed by atoms with Crippen LogP contribution in [0.3, 0.4) is 0 Å². The third-order valence-electron chi connectivity index (χ3n) is 8.75. The quantitative estimate of drug-likeness (QED) is 0.0272. The molecule has 0 aliphatic rings. The van der Waals surface area contributed by atoms with Gasteiger partial charge in [-0.15, -0.1) is 0 Å². The van der Waals surface area contributed by atoms with Crippen molar-refractivity contribution in [3.05, 3.63) is 36.5 Å². The maximum Gasteiger partial charge on any atom is 0.472 e. The number of esters is 2. The number of hydrogen-bond acceptors (Lipinski definition) is 8. The van der Waals surface area contributed by atoms with Crippen molar-refractivity contribution in [3.63, 3.8) is 0 Å². The minimum Gasteiger partial charge on any atom is -0.462 e. The summed E-state index contributed by atoms with van der Waals surface area (Å²) in [5, 5.41) is 0. The fourth-order valence-corrected chi connectivity index (χ4v) is 6.36. The van der Waals surface area contributed by atoms with Gasteiger partial charge in [-0.25, -0.2) is 4.57 Å². The molecular formula is C42H78NO8P. The van der Waals surface area contributed by atoms with E-state index in [-0.39, 0.29) is 38.6 Å². The van der Waals surface area contributed by atoms with Gasteiger partial charge in [0.05, 0.1) is 13.2 Å². The first-order valence-electron chi connectivity index (χ1n) is 21.0. The highest BCUT2D eigenvalue weighted by atomic mass is 31.2. The van der Waals surface area contributed by atoms with Crippen molar-refractivity contribution in [3.8, 4) is 0 Å². The standard InChI is InChI=1S/C42H78NO8P/c1-3-5-7-9-11-13-15-17-18-19-20-21-22-23-25-26-28-30-32-34-41(44)48-38-40(39-50-52(46,47)49-37-36-43)51-42(45)35-33-31-29-27-24-16-14-12-10-8-6-4-2/h11-14,17-18,40H,3-10,15-16,19-39,43H2,1-2H3,(H,46,47)/b13-11-,14-12-,18-17-/t40-/m1/s1. The molecule has 0 bridgehead atoms. The van der Waals surface area contributed by atoms with Crippen molar-refractivity contribution in [2.45, 2.75) is 193 Å². The van der Waals surface area contributed by atoms with Crippen LogP contribution in [0.15, 0.2) is 36.5 Å². The highest BCUT2D eigenvalue weighted by Crippen LogP contribution is 2.43. The molecule has 2 atom stereocenters. The van der Waals surface area contributed by atoms with Gasteiger partial charge in [-0.05, 0) is 70.6 Å². The summed E-state index contributed by atoms with van der Waals surface area (Å²) in [6.45, 7) is 3.66. The first-order valence-corrected chi connectivity index (χ1v) is 22.5. The van der Waals surface area contributed by atoms with Crippen molar-refractivity contribution < 1.29 is 37.6 Å². The van der Waals surface area contributed by atoms with Gasteiger partial charge in [0.15, 0.2) is 6.10 Å². The van der Waals surface area contributed by atoms with E-state index in [2.05, 4.69) is 50.3 Å². The van der Waals surface area contributed by atoms with Gasteiger partial charge in [0.2, 0.25) is 0 Å². The normalized spacial score (nSPS) is 13.7. The van der Waals surface area contributed by atoms with Crippen LogP contribution < -0.4 is 5.73 Å². The largest absolute Gasteiger partial charge is 0.472 e. The van der Waals surface area contributed by atoms with E-state index in [0.717, 1.165) is 64.2 Å². The van der Waals surface area contributed by atoms with Gasteiger partial charge in [0.1, 0.15) is 6.61 Å². The SMILES string of the molecule is CCCCC/C=C\C/C=C\CCCCCCCCCCCC(=O)OC[C@H](COP(=O)(O)OCCN)OC(=O)CCCCCCC/C=C\CCCCC. The average molecular weight is 756 g/mol. The number of ether oxygens (including phenoxy) is 2. The predicted molar refractivity (Wildman–Crippen MR) is 215 cm³/mol. The highest BCUT2D eigenvalue weighted by Gasteiger charge is 2.26. The Morgan fingerprint density at radius 1 is 0.577 bits per heavy atom. The maximum atomic E-state index is 12.5. The smallest absolute Gasteiger partial charge is 0.462 e. The molecule has 0 spiro atoms. The lowest BCUT2D eigenvalue weighted by atomic mass is 10.1. The molecule has 9 nitrogen and oxygen atoms in total. The van der Waals surface area contributed by atoms with Gasteiger partial charge in [0.25, 0.3) is 0 Å². The van der Waals surface area contributed by atoms with Crippen LogP contribution in [0.4, 0.5) is 0 Å². The van der Waals surface area contributed by atoms with E-state index in [9.17, 15) is 19.0 Å². The van der Waals surface area contributed by atoms with Crippen molar-refractivity contribution >= 4 is 19.8 Å². The molecule has 52 heavy (non-hydrogen) atoms. The first kappa shape index (κ1) is 50.2. The molecule has 304 valence electrons. The van der Waals surface area contributed by atoms with Gasteiger partial charge in [-0.3, -0.25) is 18.6 Å². The number of phosphoric acid groups is 1.